The summed E-state index contributed by atoms with van der Waals surface area (Å²) in [7, 11) is 6.13. The van der Waals surface area contributed by atoms with Gasteiger partial charge in [-0.1, -0.05) is 61.4 Å². The molecule has 27 heavy (non-hydrogen) atoms. The first-order valence-electron chi connectivity index (χ1n) is 9.53. The number of methoxy groups -OCH3 is 4. The van der Waals surface area contributed by atoms with Gasteiger partial charge in [-0.25, -0.2) is 0 Å². The minimum atomic E-state index is -0.279. The van der Waals surface area contributed by atoms with Crippen molar-refractivity contribution in [2.45, 2.75) is 63.6 Å². The monoisotopic (exact) mass is 444 g/mol. The Bertz CT molecular complexity index is 615. The van der Waals surface area contributed by atoms with Gasteiger partial charge in [0.1, 0.15) is 0 Å². The molecule has 1 unspecified atom stereocenters. The maximum absolute atomic E-state index is 13.2. The summed E-state index contributed by atoms with van der Waals surface area (Å²) in [6.45, 7) is 4.04. The first kappa shape index (κ1) is 23.6. The summed E-state index contributed by atoms with van der Waals surface area (Å²) < 4.78 is 21.9. The summed E-state index contributed by atoms with van der Waals surface area (Å²) >= 11 is 3.57. The second kappa shape index (κ2) is 12.1. The number of Topliss-reactive ketones (excluding diaryl/α,β-unsaturated/α-hetero) is 1. The maximum atomic E-state index is 13.2. The molecule has 0 aliphatic carbocycles. The molecule has 0 N–H and O–H groups in total. The number of unbranched alkanes of at least 4 members (excludes halogenated alkanes) is 5. The predicted octanol–water partition coefficient (Wildman–Crippen LogP) is 5.73. The van der Waals surface area contributed by atoms with Crippen LogP contribution in [0.1, 0.15) is 67.8 Å². The second-order valence-electron chi connectivity index (χ2n) is 6.52. The van der Waals surface area contributed by atoms with E-state index in [9.17, 15) is 4.79 Å². The Morgan fingerprint density at radius 1 is 0.815 bits per heavy atom. The van der Waals surface area contributed by atoms with Crippen LogP contribution in [0.3, 0.4) is 0 Å². The zero-order chi connectivity index (χ0) is 20.4. The van der Waals surface area contributed by atoms with Crippen molar-refractivity contribution in [3.8, 4) is 23.0 Å². The molecule has 1 atom stereocenters. The molecule has 0 heterocycles. The molecule has 0 saturated heterocycles. The van der Waals surface area contributed by atoms with Crippen LogP contribution in [-0.2, 0) is 0 Å². The Balaban J connectivity index is 3.07. The highest BCUT2D eigenvalue weighted by molar-refractivity contribution is 9.10. The third-order valence-corrected chi connectivity index (χ3v) is 5.59. The second-order valence-corrected chi connectivity index (χ2v) is 7.63. The number of benzene rings is 1. The summed E-state index contributed by atoms with van der Waals surface area (Å²) in [4.78, 5) is 12.9. The SMILES string of the molecule is CCCCCCCCC(Br)C(=O)c1c(C)c(OC)c(OC)c(OC)c1OC. The average Bonchev–Trinajstić information content (AvgIpc) is 2.68. The molecule has 0 aromatic heterocycles. The van der Waals surface area contributed by atoms with Crippen LogP contribution in [0.15, 0.2) is 0 Å². The number of hydrogen-bond acceptors (Lipinski definition) is 5. The summed E-state index contributed by atoms with van der Waals surface area (Å²) in [6.07, 6.45) is 7.92. The highest BCUT2D eigenvalue weighted by atomic mass is 79.9. The van der Waals surface area contributed by atoms with Gasteiger partial charge in [-0.15, -0.1) is 0 Å². The molecule has 0 aliphatic rings. The van der Waals surface area contributed by atoms with E-state index in [1.807, 2.05) is 6.92 Å². The maximum Gasteiger partial charge on any atom is 0.208 e. The van der Waals surface area contributed by atoms with E-state index in [4.69, 9.17) is 18.9 Å². The van der Waals surface area contributed by atoms with Crippen LogP contribution in [0.4, 0.5) is 0 Å². The molecule has 0 spiro atoms. The molecule has 0 aliphatic heterocycles. The van der Waals surface area contributed by atoms with E-state index in [1.165, 1.54) is 47.0 Å². The van der Waals surface area contributed by atoms with Crippen molar-refractivity contribution < 1.29 is 23.7 Å². The van der Waals surface area contributed by atoms with Gasteiger partial charge in [0.05, 0.1) is 38.8 Å². The molecule has 0 fully saturated rings. The highest BCUT2D eigenvalue weighted by Gasteiger charge is 2.31. The molecule has 0 saturated carbocycles. The molecule has 154 valence electrons. The Morgan fingerprint density at radius 2 is 1.30 bits per heavy atom. The van der Waals surface area contributed by atoms with Crippen LogP contribution in [0.2, 0.25) is 0 Å². The largest absolute Gasteiger partial charge is 0.492 e. The summed E-state index contributed by atoms with van der Waals surface area (Å²) in [5, 5.41) is 0. The number of ketones is 1. The first-order valence-corrected chi connectivity index (χ1v) is 10.4. The van der Waals surface area contributed by atoms with Crippen LogP contribution in [0, 0.1) is 6.92 Å². The smallest absolute Gasteiger partial charge is 0.208 e. The lowest BCUT2D eigenvalue weighted by atomic mass is 9.96. The fourth-order valence-electron chi connectivity index (χ4n) is 3.27. The molecule has 0 radical (unpaired) electrons. The van der Waals surface area contributed by atoms with Crippen LogP contribution in [-0.4, -0.2) is 39.0 Å². The molecule has 1 aromatic rings. The van der Waals surface area contributed by atoms with Crippen LogP contribution in [0.5, 0.6) is 23.0 Å². The van der Waals surface area contributed by atoms with Gasteiger partial charge < -0.3 is 18.9 Å². The predicted molar refractivity (Wildman–Crippen MR) is 112 cm³/mol. The molecule has 1 rings (SSSR count). The Hall–Kier alpha value is -1.43. The van der Waals surface area contributed by atoms with Gasteiger partial charge in [-0.05, 0) is 13.3 Å². The molecular formula is C21H33BrO5. The van der Waals surface area contributed by atoms with E-state index in [2.05, 4.69) is 22.9 Å². The Labute approximate surface area is 171 Å². The molecule has 6 heteroatoms. The van der Waals surface area contributed by atoms with E-state index in [0.29, 0.717) is 34.1 Å². The van der Waals surface area contributed by atoms with Gasteiger partial charge in [0, 0.05) is 5.56 Å². The third-order valence-electron chi connectivity index (χ3n) is 4.72. The lowest BCUT2D eigenvalue weighted by Crippen LogP contribution is -2.18. The fraction of sp³-hybridized carbons (Fsp3) is 0.667. The number of alkyl halides is 1. The van der Waals surface area contributed by atoms with Crippen molar-refractivity contribution in [2.24, 2.45) is 0 Å². The van der Waals surface area contributed by atoms with E-state index < -0.39 is 0 Å². The van der Waals surface area contributed by atoms with Crippen LogP contribution < -0.4 is 18.9 Å². The Morgan fingerprint density at radius 3 is 1.81 bits per heavy atom. The zero-order valence-corrected chi connectivity index (χ0v) is 19.0. The molecular weight excluding hydrogens is 412 g/mol. The quantitative estimate of drug-likeness (QED) is 0.221. The number of rotatable bonds is 13. The minimum absolute atomic E-state index is 0.0304. The van der Waals surface area contributed by atoms with Gasteiger partial charge in [0.15, 0.2) is 17.3 Å². The van der Waals surface area contributed by atoms with Crippen LogP contribution in [0.25, 0.3) is 0 Å². The van der Waals surface area contributed by atoms with E-state index in [1.54, 1.807) is 7.11 Å². The molecule has 0 bridgehead atoms. The van der Waals surface area contributed by atoms with Crippen molar-refractivity contribution in [3.63, 3.8) is 0 Å². The average molecular weight is 445 g/mol. The van der Waals surface area contributed by atoms with Gasteiger partial charge in [0.25, 0.3) is 0 Å². The standard InChI is InChI=1S/C21H33BrO5/c1-7-8-9-10-11-12-13-15(22)17(23)16-14(2)18(24-3)20(26-5)21(27-6)19(16)25-4/h15H,7-13H2,1-6H3. The van der Waals surface area contributed by atoms with Crippen molar-refractivity contribution in [1.82, 2.24) is 0 Å². The molecule has 5 nitrogen and oxygen atoms in total. The number of carbonyl (C=O) groups is 1. The summed E-state index contributed by atoms with van der Waals surface area (Å²) in [5.41, 5.74) is 1.16. The first-order chi connectivity index (χ1) is 13.0. The van der Waals surface area contributed by atoms with E-state index >= 15 is 0 Å². The lowest BCUT2D eigenvalue weighted by molar-refractivity contribution is 0.0983. The number of halogens is 1. The van der Waals surface area contributed by atoms with E-state index in [0.717, 1.165) is 19.3 Å². The lowest BCUT2D eigenvalue weighted by Gasteiger charge is -2.22. The number of carbonyl (C=O) groups excluding carboxylic acids is 1. The highest BCUT2D eigenvalue weighted by Crippen LogP contribution is 2.49. The number of hydrogen-bond donors (Lipinski definition) is 0. The van der Waals surface area contributed by atoms with E-state index in [-0.39, 0.29) is 10.6 Å². The van der Waals surface area contributed by atoms with Gasteiger partial charge in [0.2, 0.25) is 11.5 Å². The topological polar surface area (TPSA) is 54.0 Å². The zero-order valence-electron chi connectivity index (χ0n) is 17.4. The summed E-state index contributed by atoms with van der Waals surface area (Å²) in [6, 6.07) is 0. The van der Waals surface area contributed by atoms with Crippen molar-refractivity contribution >= 4 is 21.7 Å². The van der Waals surface area contributed by atoms with Gasteiger partial charge in [-0.3, -0.25) is 4.79 Å². The normalized spacial score (nSPS) is 11.8. The van der Waals surface area contributed by atoms with Crippen molar-refractivity contribution in [2.75, 3.05) is 28.4 Å². The van der Waals surface area contributed by atoms with Crippen molar-refractivity contribution in [1.29, 1.82) is 0 Å². The van der Waals surface area contributed by atoms with Gasteiger partial charge in [-0.2, -0.15) is 0 Å². The van der Waals surface area contributed by atoms with Gasteiger partial charge >= 0.3 is 0 Å². The number of ether oxygens (including phenoxy) is 4. The van der Waals surface area contributed by atoms with Crippen LogP contribution >= 0.6 is 15.9 Å². The summed E-state index contributed by atoms with van der Waals surface area (Å²) in [5.74, 6) is 1.62. The Kier molecular flexibility index (Phi) is 10.6. The minimum Gasteiger partial charge on any atom is -0.492 e. The molecule has 0 amide bonds. The van der Waals surface area contributed by atoms with Crippen molar-refractivity contribution in [3.05, 3.63) is 11.1 Å². The third kappa shape index (κ3) is 5.77. The fourth-order valence-corrected chi connectivity index (χ4v) is 3.83. The molecule has 1 aromatic carbocycles.